The molecule has 0 amide bonds. The molecular weight excluding hydrogens is 268 g/mol. The number of hydrogen-bond acceptors (Lipinski definition) is 2. The van der Waals surface area contributed by atoms with E-state index in [9.17, 15) is 4.79 Å². The van der Waals surface area contributed by atoms with Gasteiger partial charge >= 0.3 is 0 Å². The fourth-order valence-electron chi connectivity index (χ4n) is 1.94. The molecule has 0 aromatic heterocycles. The molecule has 16 heavy (non-hydrogen) atoms. The van der Waals surface area contributed by atoms with Gasteiger partial charge in [0.2, 0.25) is 0 Å². The predicted octanol–water partition coefficient (Wildman–Crippen LogP) is 3.37. The number of rotatable bonds is 3. The maximum Gasteiger partial charge on any atom is 0.176 e. The largest absolute Gasteiger partial charge is 0.490 e. The molecule has 1 aliphatic rings. The Morgan fingerprint density at radius 2 is 2.38 bits per heavy atom. The second kappa shape index (κ2) is 4.58. The van der Waals surface area contributed by atoms with Gasteiger partial charge < -0.3 is 4.74 Å². The second-order valence-electron chi connectivity index (χ2n) is 4.20. The van der Waals surface area contributed by atoms with Gasteiger partial charge in [-0.2, -0.15) is 0 Å². The number of benzene rings is 1. The molecule has 1 aromatic rings. The normalized spacial score (nSPS) is 20.1. The highest BCUT2D eigenvalue weighted by molar-refractivity contribution is 9.10. The number of halogens is 1. The molecule has 0 saturated heterocycles. The van der Waals surface area contributed by atoms with Crippen LogP contribution in [0.2, 0.25) is 0 Å². The zero-order valence-corrected chi connectivity index (χ0v) is 11.1. The first kappa shape index (κ1) is 11.6. The highest BCUT2D eigenvalue weighted by Gasteiger charge is 2.22. The Morgan fingerprint density at radius 1 is 1.62 bits per heavy atom. The topological polar surface area (TPSA) is 26.3 Å². The van der Waals surface area contributed by atoms with Gasteiger partial charge in [-0.3, -0.25) is 4.79 Å². The van der Waals surface area contributed by atoms with Crippen molar-refractivity contribution in [1.82, 2.24) is 0 Å². The summed E-state index contributed by atoms with van der Waals surface area (Å²) >= 11 is 3.39. The summed E-state index contributed by atoms with van der Waals surface area (Å²) in [7, 11) is 0. The lowest BCUT2D eigenvalue weighted by molar-refractivity contribution is 0.0990. The maximum atomic E-state index is 12.0. The van der Waals surface area contributed by atoms with Gasteiger partial charge in [0.1, 0.15) is 11.9 Å². The minimum Gasteiger partial charge on any atom is -0.490 e. The van der Waals surface area contributed by atoms with Gasteiger partial charge in [-0.05, 0) is 37.1 Å². The van der Waals surface area contributed by atoms with Crippen LogP contribution in [0.3, 0.4) is 0 Å². The Labute approximate surface area is 104 Å². The Morgan fingerprint density at radius 3 is 3.06 bits per heavy atom. The van der Waals surface area contributed by atoms with Gasteiger partial charge in [0.25, 0.3) is 0 Å². The predicted molar refractivity (Wildman–Crippen MR) is 67.6 cm³/mol. The molecule has 0 aliphatic carbocycles. The summed E-state index contributed by atoms with van der Waals surface area (Å²) in [5, 5.41) is 0. The number of Topliss-reactive ketones (excluding diaryl/α,β-unsaturated/α-hetero) is 1. The first-order valence-electron chi connectivity index (χ1n) is 5.59. The van der Waals surface area contributed by atoms with Crippen molar-refractivity contribution in [3.05, 3.63) is 29.3 Å². The zero-order valence-electron chi connectivity index (χ0n) is 9.50. The van der Waals surface area contributed by atoms with Crippen molar-refractivity contribution in [3.63, 3.8) is 0 Å². The van der Waals surface area contributed by atoms with Crippen molar-refractivity contribution in [2.45, 2.75) is 37.6 Å². The van der Waals surface area contributed by atoms with Crippen molar-refractivity contribution in [2.75, 3.05) is 0 Å². The standard InChI is InChI=1S/C13H15BrO2/c1-3-11(14)13(15)9-4-5-12-10(7-9)6-8(2)16-12/h4-5,7-8,11H,3,6H2,1-2H3. The summed E-state index contributed by atoms with van der Waals surface area (Å²) < 4.78 is 5.61. The molecule has 0 N–H and O–H groups in total. The van der Waals surface area contributed by atoms with Crippen LogP contribution < -0.4 is 4.74 Å². The third-order valence-electron chi connectivity index (χ3n) is 2.82. The SMILES string of the molecule is CCC(Br)C(=O)c1ccc2c(c1)CC(C)O2. The van der Waals surface area contributed by atoms with Gasteiger partial charge in [0.05, 0.1) is 4.83 Å². The van der Waals surface area contributed by atoms with E-state index < -0.39 is 0 Å². The van der Waals surface area contributed by atoms with E-state index in [0.29, 0.717) is 0 Å². The second-order valence-corrected chi connectivity index (χ2v) is 5.30. The van der Waals surface area contributed by atoms with Gasteiger partial charge in [-0.1, -0.05) is 22.9 Å². The number of ether oxygens (including phenoxy) is 1. The number of hydrogen-bond donors (Lipinski definition) is 0. The van der Waals surface area contributed by atoms with Crippen molar-refractivity contribution in [1.29, 1.82) is 0 Å². The van der Waals surface area contributed by atoms with Crippen LogP contribution in [0.25, 0.3) is 0 Å². The fourth-order valence-corrected chi connectivity index (χ4v) is 2.21. The summed E-state index contributed by atoms with van der Waals surface area (Å²) in [5.41, 5.74) is 1.93. The lowest BCUT2D eigenvalue weighted by Crippen LogP contribution is -2.12. The van der Waals surface area contributed by atoms with Gasteiger partial charge in [0, 0.05) is 12.0 Å². The average molecular weight is 283 g/mol. The smallest absolute Gasteiger partial charge is 0.176 e. The first-order chi connectivity index (χ1) is 7.61. The Balaban J connectivity index is 2.26. The van der Waals surface area contributed by atoms with Crippen LogP contribution >= 0.6 is 15.9 Å². The third-order valence-corrected chi connectivity index (χ3v) is 3.89. The summed E-state index contributed by atoms with van der Waals surface area (Å²) in [6, 6.07) is 5.72. The van der Waals surface area contributed by atoms with Crippen LogP contribution in [0.15, 0.2) is 18.2 Å². The van der Waals surface area contributed by atoms with Crippen LogP contribution in [-0.4, -0.2) is 16.7 Å². The molecule has 86 valence electrons. The molecule has 0 radical (unpaired) electrons. The van der Waals surface area contributed by atoms with Gasteiger partial charge in [-0.25, -0.2) is 0 Å². The lowest BCUT2D eigenvalue weighted by atomic mass is 10.0. The highest BCUT2D eigenvalue weighted by atomic mass is 79.9. The molecular formula is C13H15BrO2. The molecule has 2 unspecified atom stereocenters. The minimum atomic E-state index is -0.0784. The summed E-state index contributed by atoms with van der Waals surface area (Å²) in [5.74, 6) is 1.08. The monoisotopic (exact) mass is 282 g/mol. The van der Waals surface area contributed by atoms with Crippen molar-refractivity contribution >= 4 is 21.7 Å². The lowest BCUT2D eigenvalue weighted by Gasteiger charge is -2.07. The van der Waals surface area contributed by atoms with Crippen LogP contribution in [0.5, 0.6) is 5.75 Å². The van der Waals surface area contributed by atoms with Crippen molar-refractivity contribution in [2.24, 2.45) is 0 Å². The zero-order chi connectivity index (χ0) is 11.7. The number of alkyl halides is 1. The van der Waals surface area contributed by atoms with Gasteiger partial charge in [-0.15, -0.1) is 0 Å². The Bertz CT molecular complexity index is 414. The molecule has 2 rings (SSSR count). The van der Waals surface area contributed by atoms with E-state index in [4.69, 9.17) is 4.74 Å². The third kappa shape index (κ3) is 2.14. The summed E-state index contributed by atoms with van der Waals surface area (Å²) in [6.45, 7) is 4.04. The minimum absolute atomic E-state index is 0.0784. The summed E-state index contributed by atoms with van der Waals surface area (Å²) in [4.78, 5) is 11.9. The van der Waals surface area contributed by atoms with E-state index >= 15 is 0 Å². The van der Waals surface area contributed by atoms with E-state index in [1.165, 1.54) is 0 Å². The molecule has 0 bridgehead atoms. The van der Waals surface area contributed by atoms with Crippen LogP contribution in [0.4, 0.5) is 0 Å². The quantitative estimate of drug-likeness (QED) is 0.628. The molecule has 2 atom stereocenters. The summed E-state index contributed by atoms with van der Waals surface area (Å²) in [6.07, 6.45) is 1.93. The van der Waals surface area contributed by atoms with Gasteiger partial charge in [0.15, 0.2) is 5.78 Å². The maximum absolute atomic E-state index is 12.0. The Hall–Kier alpha value is -0.830. The van der Waals surface area contributed by atoms with E-state index in [0.717, 1.165) is 29.7 Å². The van der Waals surface area contributed by atoms with E-state index in [-0.39, 0.29) is 16.7 Å². The average Bonchev–Trinajstić information content (AvgIpc) is 2.65. The molecule has 0 fully saturated rings. The number of carbonyl (C=O) groups excluding carboxylic acids is 1. The molecule has 1 aliphatic heterocycles. The van der Waals surface area contributed by atoms with Crippen LogP contribution in [0, 0.1) is 0 Å². The molecule has 0 saturated carbocycles. The highest BCUT2D eigenvalue weighted by Crippen LogP contribution is 2.30. The van der Waals surface area contributed by atoms with Crippen molar-refractivity contribution < 1.29 is 9.53 Å². The van der Waals surface area contributed by atoms with E-state index in [1.807, 2.05) is 32.0 Å². The first-order valence-corrected chi connectivity index (χ1v) is 6.51. The van der Waals surface area contributed by atoms with E-state index in [2.05, 4.69) is 15.9 Å². The van der Waals surface area contributed by atoms with E-state index in [1.54, 1.807) is 0 Å². The van der Waals surface area contributed by atoms with Crippen LogP contribution in [-0.2, 0) is 6.42 Å². The molecule has 1 aromatic carbocycles. The fraction of sp³-hybridized carbons (Fsp3) is 0.462. The number of fused-ring (bicyclic) bond motifs is 1. The Kier molecular flexibility index (Phi) is 3.33. The molecule has 1 heterocycles. The molecule has 0 spiro atoms. The molecule has 3 heteroatoms. The van der Waals surface area contributed by atoms with Crippen LogP contribution in [0.1, 0.15) is 36.2 Å². The number of carbonyl (C=O) groups is 1. The van der Waals surface area contributed by atoms with Crippen molar-refractivity contribution in [3.8, 4) is 5.75 Å². The molecule has 2 nitrogen and oxygen atoms in total. The number of ketones is 1.